The van der Waals surface area contributed by atoms with Crippen molar-refractivity contribution in [3.05, 3.63) is 0 Å². The molecular formula is H8O4Si2Zn. The van der Waals surface area contributed by atoms with Gasteiger partial charge in [-0.15, -0.1) is 0 Å². The van der Waals surface area contributed by atoms with Crippen molar-refractivity contribution in [2.45, 2.75) is 0 Å². The second-order valence-corrected chi connectivity index (χ2v) is 1.80. The molecule has 4 N–H and O–H groups in total. The van der Waals surface area contributed by atoms with E-state index in [9.17, 15) is 0 Å². The molecule has 0 saturated carbocycles. The molecule has 0 unspecified atom stereocenters. The second kappa shape index (κ2) is 5.04. The van der Waals surface area contributed by atoms with Crippen LogP contribution in [0.15, 0.2) is 0 Å². The van der Waals surface area contributed by atoms with Crippen molar-refractivity contribution in [3.63, 3.8) is 0 Å². The van der Waals surface area contributed by atoms with Crippen LogP contribution in [0.3, 0.4) is 0 Å². The summed E-state index contributed by atoms with van der Waals surface area (Å²) < 4.78 is 0. The SMILES string of the molecule is O[Si](O)(O)O.[SiH4].[Zn]. The maximum Gasteiger partial charge on any atom is 0.668 e. The molecule has 0 heterocycles. The van der Waals surface area contributed by atoms with E-state index < -0.39 is 9.05 Å². The van der Waals surface area contributed by atoms with E-state index in [-0.39, 0.29) is 30.4 Å². The fourth-order valence-corrected chi connectivity index (χ4v) is 0. The van der Waals surface area contributed by atoms with Gasteiger partial charge in [0.2, 0.25) is 0 Å². The normalized spacial score (nSPS) is 8.57. The molecule has 0 radical (unpaired) electrons. The van der Waals surface area contributed by atoms with Gasteiger partial charge < -0.3 is 19.2 Å². The molecule has 7 heteroatoms. The van der Waals surface area contributed by atoms with Gasteiger partial charge >= 0.3 is 9.05 Å². The minimum Gasteiger partial charge on any atom is -0.368 e. The van der Waals surface area contributed by atoms with Crippen LogP contribution < -0.4 is 0 Å². The molecule has 0 atom stereocenters. The molecule has 0 aliphatic rings. The van der Waals surface area contributed by atoms with Crippen molar-refractivity contribution >= 4 is 20.0 Å². The summed E-state index contributed by atoms with van der Waals surface area (Å²) in [4.78, 5) is 29.3. The maximum absolute atomic E-state index is 7.33. The van der Waals surface area contributed by atoms with E-state index in [1.165, 1.54) is 0 Å². The Kier molecular flexibility index (Phi) is 11.3. The van der Waals surface area contributed by atoms with Crippen LogP contribution >= 0.6 is 0 Å². The fraction of sp³-hybridized carbons (Fsp3) is 0. The molecule has 0 bridgehead atoms. The van der Waals surface area contributed by atoms with Gasteiger partial charge in [0.05, 0.1) is 0 Å². The molecule has 0 amide bonds. The first-order valence-electron chi connectivity index (χ1n) is 0.894. The summed E-state index contributed by atoms with van der Waals surface area (Å²) in [5.41, 5.74) is 0. The van der Waals surface area contributed by atoms with E-state index in [4.69, 9.17) is 19.2 Å². The molecule has 0 fully saturated rings. The van der Waals surface area contributed by atoms with Gasteiger partial charge in [0.25, 0.3) is 0 Å². The molecule has 42 valence electrons. The summed E-state index contributed by atoms with van der Waals surface area (Å²) in [6.45, 7) is 0. The summed E-state index contributed by atoms with van der Waals surface area (Å²) in [6.07, 6.45) is 0. The van der Waals surface area contributed by atoms with Crippen molar-refractivity contribution < 1.29 is 38.7 Å². The smallest absolute Gasteiger partial charge is 0.368 e. The molecule has 0 spiro atoms. The average Bonchev–Trinajstić information content (AvgIpc) is 0.722. The van der Waals surface area contributed by atoms with E-state index >= 15 is 0 Å². The van der Waals surface area contributed by atoms with Crippen LogP contribution in [0.2, 0.25) is 0 Å². The van der Waals surface area contributed by atoms with E-state index in [1.54, 1.807) is 0 Å². The van der Waals surface area contributed by atoms with Gasteiger partial charge in [-0.25, -0.2) is 0 Å². The van der Waals surface area contributed by atoms with Crippen LogP contribution in [-0.4, -0.2) is 39.2 Å². The molecular weight excluding hydrogens is 186 g/mol. The quantitative estimate of drug-likeness (QED) is 0.295. The van der Waals surface area contributed by atoms with Crippen LogP contribution in [0.1, 0.15) is 0 Å². The summed E-state index contributed by atoms with van der Waals surface area (Å²) in [5, 5.41) is 0. The van der Waals surface area contributed by atoms with Gasteiger partial charge in [-0.3, -0.25) is 0 Å². The standard InChI is InChI=1S/H4O4Si.H4Si.Zn/c1-5(2,3)4;;/h1-4H;1H4;. The van der Waals surface area contributed by atoms with Gasteiger partial charge in [-0.2, -0.15) is 0 Å². The predicted octanol–water partition coefficient (Wildman–Crippen LogP) is -4.06. The van der Waals surface area contributed by atoms with Crippen molar-refractivity contribution in [3.8, 4) is 0 Å². The molecule has 0 aromatic heterocycles. The first-order valence-corrected chi connectivity index (χ1v) is 2.68. The second-order valence-electron chi connectivity index (χ2n) is 0.600. The summed E-state index contributed by atoms with van der Waals surface area (Å²) >= 11 is 0. The zero-order valence-corrected chi connectivity index (χ0v) is 6.96. The van der Waals surface area contributed by atoms with E-state index in [1.807, 2.05) is 0 Å². The maximum atomic E-state index is 7.33. The fourth-order valence-electron chi connectivity index (χ4n) is 0. The van der Waals surface area contributed by atoms with E-state index in [0.29, 0.717) is 0 Å². The Labute approximate surface area is 59.1 Å². The average molecular weight is 194 g/mol. The summed E-state index contributed by atoms with van der Waals surface area (Å²) in [5.74, 6) is 0. The third kappa shape index (κ3) is 206. The van der Waals surface area contributed by atoms with E-state index in [0.717, 1.165) is 0 Å². The van der Waals surface area contributed by atoms with Crippen LogP contribution in [-0.2, 0) is 19.5 Å². The van der Waals surface area contributed by atoms with Gasteiger partial charge in [0.1, 0.15) is 0 Å². The van der Waals surface area contributed by atoms with Gasteiger partial charge in [0.15, 0.2) is 0 Å². The van der Waals surface area contributed by atoms with Gasteiger partial charge in [-0.05, 0) is 11.0 Å². The molecule has 7 heavy (non-hydrogen) atoms. The molecule has 0 aliphatic carbocycles. The molecule has 0 aliphatic heterocycles. The zero-order chi connectivity index (χ0) is 4.50. The Hall–Kier alpha value is 0.897. The first kappa shape index (κ1) is 15.7. The Balaban J connectivity index is -0.0000000800. The van der Waals surface area contributed by atoms with Crippen molar-refractivity contribution in [2.75, 3.05) is 0 Å². The summed E-state index contributed by atoms with van der Waals surface area (Å²) in [7, 11) is -4.61. The van der Waals surface area contributed by atoms with Crippen LogP contribution in [0.25, 0.3) is 0 Å². The monoisotopic (exact) mass is 192 g/mol. The zero-order valence-electron chi connectivity index (χ0n) is 3.00. The summed E-state index contributed by atoms with van der Waals surface area (Å²) in [6, 6.07) is 0. The van der Waals surface area contributed by atoms with Crippen LogP contribution in [0.5, 0.6) is 0 Å². The molecule has 0 rings (SSSR count). The molecule has 0 saturated heterocycles. The first-order chi connectivity index (χ1) is 2.00. The topological polar surface area (TPSA) is 80.9 Å². The Morgan fingerprint density at radius 3 is 0.857 bits per heavy atom. The van der Waals surface area contributed by atoms with E-state index in [2.05, 4.69) is 0 Å². The number of hydrogen-bond acceptors (Lipinski definition) is 4. The van der Waals surface area contributed by atoms with Crippen molar-refractivity contribution in [2.24, 2.45) is 0 Å². The molecule has 0 aromatic rings. The van der Waals surface area contributed by atoms with Crippen molar-refractivity contribution in [1.82, 2.24) is 0 Å². The largest absolute Gasteiger partial charge is 0.668 e. The Morgan fingerprint density at radius 1 is 0.857 bits per heavy atom. The van der Waals surface area contributed by atoms with Crippen LogP contribution in [0, 0.1) is 0 Å². The van der Waals surface area contributed by atoms with Gasteiger partial charge in [0, 0.05) is 19.5 Å². The third-order valence-electron chi connectivity index (χ3n) is 0. The predicted molar refractivity (Wildman–Crippen MR) is 26.0 cm³/mol. The van der Waals surface area contributed by atoms with Gasteiger partial charge in [-0.1, -0.05) is 0 Å². The number of hydrogen-bond donors (Lipinski definition) is 4. The number of rotatable bonds is 0. The Morgan fingerprint density at radius 2 is 0.857 bits per heavy atom. The van der Waals surface area contributed by atoms with Crippen molar-refractivity contribution in [1.29, 1.82) is 0 Å². The molecule has 4 nitrogen and oxygen atoms in total. The Bertz CT molecular complexity index is 25.2. The minimum atomic E-state index is -4.61. The molecule has 0 aromatic carbocycles. The minimum absolute atomic E-state index is 0. The van der Waals surface area contributed by atoms with Crippen LogP contribution in [0.4, 0.5) is 0 Å². The third-order valence-corrected chi connectivity index (χ3v) is 0.